The van der Waals surface area contributed by atoms with Crippen molar-refractivity contribution in [1.29, 1.82) is 0 Å². The average molecular weight is 820 g/mol. The first-order valence-corrected chi connectivity index (χ1v) is 22.3. The van der Waals surface area contributed by atoms with Crippen molar-refractivity contribution in [2.75, 3.05) is 0 Å². The maximum Gasteiger partial charge on any atom is 0.322 e. The third-order valence-electron chi connectivity index (χ3n) is 13.4. The van der Waals surface area contributed by atoms with E-state index in [1.54, 1.807) is 6.92 Å². The Hall–Kier alpha value is -5.51. The van der Waals surface area contributed by atoms with E-state index in [2.05, 4.69) is 142 Å². The molecule has 0 saturated heterocycles. The quantitative estimate of drug-likeness (QED) is 0.0829. The third-order valence-corrected chi connectivity index (χ3v) is 13.4. The predicted molar refractivity (Wildman–Crippen MR) is 274 cm³/mol. The summed E-state index contributed by atoms with van der Waals surface area (Å²) in [5.41, 5.74) is 24.0. The van der Waals surface area contributed by atoms with E-state index in [0.717, 1.165) is 94.4 Å². The average Bonchev–Trinajstić information content (AvgIpc) is 3.31. The number of unbranched alkanes of at least 4 members (excludes halogenated alkanes) is 1. The number of benzene rings is 4. The lowest BCUT2D eigenvalue weighted by Gasteiger charge is -2.28. The summed E-state index contributed by atoms with van der Waals surface area (Å²) in [7, 11) is 1.15. The van der Waals surface area contributed by atoms with Gasteiger partial charge in [-0.05, 0) is 212 Å². The summed E-state index contributed by atoms with van der Waals surface area (Å²) in [4.78, 5) is 12.7. The highest BCUT2D eigenvalue weighted by atomic mass is 16.2. The molecule has 1 N–H and O–H groups in total. The molecule has 4 aromatic carbocycles. The number of fused-ring (bicyclic) bond motifs is 2. The van der Waals surface area contributed by atoms with Crippen LogP contribution < -0.4 is 0 Å². The minimum Gasteiger partial charge on any atom is -0.450 e. The number of allylic oxidation sites excluding steroid dienone is 13. The van der Waals surface area contributed by atoms with Crippen LogP contribution in [0.1, 0.15) is 144 Å². The molecule has 0 saturated carbocycles. The van der Waals surface area contributed by atoms with E-state index in [1.165, 1.54) is 60.9 Å². The van der Waals surface area contributed by atoms with E-state index in [4.69, 9.17) is 13.2 Å². The first-order valence-electron chi connectivity index (χ1n) is 22.3. The molecule has 0 heterocycles. The summed E-state index contributed by atoms with van der Waals surface area (Å²) < 4.78 is 0. The lowest BCUT2D eigenvalue weighted by molar-refractivity contribution is -0.113. The maximum atomic E-state index is 12.7. The van der Waals surface area contributed by atoms with Crippen LogP contribution in [0.15, 0.2) is 131 Å². The van der Waals surface area contributed by atoms with Crippen molar-refractivity contribution in [1.82, 2.24) is 0 Å². The largest absolute Gasteiger partial charge is 0.450 e. The molecular formula is C59H68BO2. The fraction of sp³-hybridized carbons (Fsp3) is 0.305. The molecule has 0 aliphatic heterocycles. The fourth-order valence-corrected chi connectivity index (χ4v) is 9.51. The number of rotatable bonds is 13. The molecule has 1 radical (unpaired) electrons. The van der Waals surface area contributed by atoms with Crippen molar-refractivity contribution in [2.45, 2.75) is 122 Å². The zero-order chi connectivity index (χ0) is 45.7. The highest BCUT2D eigenvalue weighted by molar-refractivity contribution is 6.36. The number of aryl methyl sites for hydroxylation is 2. The number of ketones is 1. The molecule has 1 atom stereocenters. The fourth-order valence-electron chi connectivity index (χ4n) is 9.51. The van der Waals surface area contributed by atoms with E-state index in [-0.39, 0.29) is 11.7 Å². The minimum absolute atomic E-state index is 0.00539. The second-order valence-electron chi connectivity index (χ2n) is 17.8. The van der Waals surface area contributed by atoms with Crippen molar-refractivity contribution in [3.05, 3.63) is 187 Å². The molecule has 62 heavy (non-hydrogen) atoms. The van der Waals surface area contributed by atoms with Gasteiger partial charge < -0.3 is 5.02 Å². The Kier molecular flexibility index (Phi) is 15.4. The van der Waals surface area contributed by atoms with Crippen LogP contribution in [0.4, 0.5) is 0 Å². The lowest BCUT2D eigenvalue weighted by atomic mass is 9.74. The van der Waals surface area contributed by atoms with Gasteiger partial charge in [0.1, 0.15) is 0 Å². The van der Waals surface area contributed by atoms with Gasteiger partial charge in [0.15, 0.2) is 5.78 Å². The van der Waals surface area contributed by atoms with E-state index < -0.39 is 0 Å². The van der Waals surface area contributed by atoms with Crippen LogP contribution in [-0.4, -0.2) is 18.3 Å². The Morgan fingerprint density at radius 2 is 1.50 bits per heavy atom. The molecule has 1 aliphatic carbocycles. The standard InChI is InChI=1S/C59H68BO2/c1-17-19-27-51-40(10)37(7)43(13)57-58(49-30-29-36(6)54-48(32-35(5)33-49)26-23-28-52(54)47-24-21-20-22-25-47)50(18-2)53(31-34(3)4)56(59(51)57)42(12)38(8)41(11)55(45(15)60-62)44(14)39(9)46(16)61/h18,20-26,28-31,33,36,62H,2,5,12,17,19,27,32H2,1,3-4,6-11,13-16H3/b30-29?,41-38-,44-39-,49-33?,55-45+. The van der Waals surface area contributed by atoms with E-state index >= 15 is 0 Å². The van der Waals surface area contributed by atoms with Gasteiger partial charge in [-0.2, -0.15) is 0 Å². The van der Waals surface area contributed by atoms with Gasteiger partial charge in [0, 0.05) is 5.92 Å². The van der Waals surface area contributed by atoms with Gasteiger partial charge in [-0.1, -0.05) is 136 Å². The van der Waals surface area contributed by atoms with Gasteiger partial charge in [-0.25, -0.2) is 0 Å². The summed E-state index contributed by atoms with van der Waals surface area (Å²) in [6.07, 6.45) is 15.2. The summed E-state index contributed by atoms with van der Waals surface area (Å²) in [5, 5.41) is 12.9. The predicted octanol–water partition coefficient (Wildman–Crippen LogP) is 15.9. The Labute approximate surface area is 374 Å². The van der Waals surface area contributed by atoms with E-state index in [1.807, 2.05) is 26.8 Å². The molecule has 2 nitrogen and oxygen atoms in total. The van der Waals surface area contributed by atoms with Crippen molar-refractivity contribution in [2.24, 2.45) is 0 Å². The van der Waals surface area contributed by atoms with Gasteiger partial charge in [0.25, 0.3) is 0 Å². The zero-order valence-corrected chi connectivity index (χ0v) is 40.0. The van der Waals surface area contributed by atoms with Crippen LogP contribution in [0.3, 0.4) is 0 Å². The second-order valence-corrected chi connectivity index (χ2v) is 17.8. The third kappa shape index (κ3) is 9.30. The Morgan fingerprint density at radius 3 is 2.10 bits per heavy atom. The molecule has 3 heteroatoms. The van der Waals surface area contributed by atoms with Gasteiger partial charge in [-0.15, -0.1) is 0 Å². The summed E-state index contributed by atoms with van der Waals surface area (Å²) in [5.74, 6) is 0.142. The smallest absolute Gasteiger partial charge is 0.322 e. The molecule has 0 bridgehead atoms. The minimum atomic E-state index is 0.00539. The Bertz CT molecular complexity index is 2680. The Balaban J connectivity index is 1.98. The molecule has 1 unspecified atom stereocenters. The van der Waals surface area contributed by atoms with Crippen LogP contribution in [-0.2, 0) is 17.6 Å². The number of carbonyl (C=O) groups excluding carboxylic acids is 1. The van der Waals surface area contributed by atoms with Crippen LogP contribution in [0.2, 0.25) is 0 Å². The lowest BCUT2D eigenvalue weighted by Crippen LogP contribution is -2.09. The topological polar surface area (TPSA) is 37.3 Å². The summed E-state index contributed by atoms with van der Waals surface area (Å²) in [6.45, 7) is 41.5. The van der Waals surface area contributed by atoms with Crippen molar-refractivity contribution in [3.8, 4) is 11.1 Å². The van der Waals surface area contributed by atoms with Crippen molar-refractivity contribution < 1.29 is 9.82 Å². The van der Waals surface area contributed by atoms with Crippen LogP contribution in [0.5, 0.6) is 0 Å². The molecule has 319 valence electrons. The molecule has 0 amide bonds. The second kappa shape index (κ2) is 20.1. The number of carbonyl (C=O) groups is 1. The van der Waals surface area contributed by atoms with Crippen LogP contribution in [0, 0.1) is 20.8 Å². The van der Waals surface area contributed by atoms with E-state index in [9.17, 15) is 9.82 Å². The summed E-state index contributed by atoms with van der Waals surface area (Å²) >= 11 is 0. The first kappa shape index (κ1) is 47.5. The van der Waals surface area contributed by atoms with Gasteiger partial charge in [-0.3, -0.25) is 4.79 Å². The SMILES string of the molecule is C=Cc1c(C=C(C)C)c(C(=C)\C(C)=C(C)/C(=C(/C)[B]O)C(/C)=C(/C)C(C)=O)c2c(CCCC)c(C)c(C)c(C)c2c1C1=CC(=C)Cc2cccc(-c3ccccc3)c2C(C)C=C1. The van der Waals surface area contributed by atoms with Gasteiger partial charge >= 0.3 is 7.48 Å². The molecule has 0 fully saturated rings. The molecule has 0 aromatic heterocycles. The first-order chi connectivity index (χ1) is 29.4. The molecule has 5 rings (SSSR count). The van der Waals surface area contributed by atoms with E-state index in [0.29, 0.717) is 11.0 Å². The zero-order valence-electron chi connectivity index (χ0n) is 40.0. The van der Waals surface area contributed by atoms with Gasteiger partial charge in [0.2, 0.25) is 0 Å². The summed E-state index contributed by atoms with van der Waals surface area (Å²) in [6, 6.07) is 17.4. The molecule has 4 aromatic rings. The number of Topliss-reactive ketones (excluding diaryl/α,β-unsaturated/α-hetero) is 1. The monoisotopic (exact) mass is 820 g/mol. The van der Waals surface area contributed by atoms with Gasteiger partial charge in [0.05, 0.1) is 0 Å². The normalized spacial score (nSPS) is 15.3. The highest BCUT2D eigenvalue weighted by Gasteiger charge is 2.28. The number of hydrogen-bond acceptors (Lipinski definition) is 2. The molecular weight excluding hydrogens is 751 g/mol. The molecule has 1 aliphatic rings. The maximum absolute atomic E-state index is 12.7. The number of hydrogen-bond donors (Lipinski definition) is 1. The van der Waals surface area contributed by atoms with Crippen LogP contribution >= 0.6 is 0 Å². The van der Waals surface area contributed by atoms with Crippen molar-refractivity contribution >= 4 is 47.3 Å². The Morgan fingerprint density at radius 1 is 0.839 bits per heavy atom. The highest BCUT2D eigenvalue weighted by Crippen LogP contribution is 2.48. The van der Waals surface area contributed by atoms with Crippen molar-refractivity contribution in [3.63, 3.8) is 0 Å². The molecule has 0 spiro atoms. The van der Waals surface area contributed by atoms with Crippen LogP contribution in [0.25, 0.3) is 45.2 Å².